The van der Waals surface area contributed by atoms with E-state index in [1.807, 2.05) is 0 Å². The number of halogens is 4. The second kappa shape index (κ2) is 12.8. The molecule has 0 unspecified atom stereocenters. The first kappa shape index (κ1) is 28.8. The first-order chi connectivity index (χ1) is 18.7. The van der Waals surface area contributed by atoms with E-state index in [1.54, 1.807) is 43.6 Å². The van der Waals surface area contributed by atoms with Crippen molar-refractivity contribution in [2.45, 2.75) is 50.9 Å². The number of aromatic nitrogens is 1. The Balaban J connectivity index is 1.29. The molecule has 3 atom stereocenters. The highest BCUT2D eigenvalue weighted by Gasteiger charge is 2.35. The van der Waals surface area contributed by atoms with E-state index in [4.69, 9.17) is 4.74 Å². The Labute approximate surface area is 225 Å². The highest BCUT2D eigenvalue weighted by atomic mass is 19.4. The lowest BCUT2D eigenvalue weighted by Crippen LogP contribution is -2.44. The maximum absolute atomic E-state index is 15.4. The third-order valence-electron chi connectivity index (χ3n) is 7.76. The molecular formula is C30H34F4N2O3. The van der Waals surface area contributed by atoms with Gasteiger partial charge in [-0.15, -0.1) is 0 Å². The van der Waals surface area contributed by atoms with E-state index in [9.17, 15) is 23.1 Å². The van der Waals surface area contributed by atoms with E-state index in [-0.39, 0.29) is 17.9 Å². The first-order valence-electron chi connectivity index (χ1n) is 13.3. The zero-order chi connectivity index (χ0) is 28.0. The summed E-state index contributed by atoms with van der Waals surface area (Å²) in [5.41, 5.74) is 0.889. The standard InChI is InChI=1S/C30H34F4N2O3/c1-39-22-10-12-28-24(18-22)23(13-15-35-28)27(31)11-9-20-14-17-36(19-25(20)29(37)38)16-5-4-7-21-6-2-3-8-26(21)30(32,33)34/h2-3,6,8,10,12-13,15,18,20,25,27H,4-5,7,9,11,14,16-17,19H2,1H3,(H,37,38)/t20-,25+,27-/m1/s1. The number of carboxylic acid groups (broad SMARTS) is 1. The number of hydrogen-bond acceptors (Lipinski definition) is 4. The maximum Gasteiger partial charge on any atom is 0.416 e. The van der Waals surface area contributed by atoms with Crippen LogP contribution in [0.25, 0.3) is 10.9 Å². The van der Waals surface area contributed by atoms with Crippen LogP contribution >= 0.6 is 0 Å². The molecule has 0 amide bonds. The molecule has 0 spiro atoms. The molecule has 1 aromatic heterocycles. The van der Waals surface area contributed by atoms with Gasteiger partial charge in [-0.3, -0.25) is 9.78 Å². The number of nitrogens with zero attached hydrogens (tertiary/aromatic N) is 2. The van der Waals surface area contributed by atoms with Crippen molar-refractivity contribution in [1.29, 1.82) is 0 Å². The quantitative estimate of drug-likeness (QED) is 0.205. The monoisotopic (exact) mass is 546 g/mol. The van der Waals surface area contributed by atoms with Gasteiger partial charge in [0.1, 0.15) is 11.9 Å². The van der Waals surface area contributed by atoms with Crippen LogP contribution in [0.4, 0.5) is 17.6 Å². The smallest absolute Gasteiger partial charge is 0.416 e. The Bertz CT molecular complexity index is 1270. The van der Waals surface area contributed by atoms with E-state index in [1.165, 1.54) is 12.1 Å². The van der Waals surface area contributed by atoms with Crippen molar-refractivity contribution in [1.82, 2.24) is 9.88 Å². The van der Waals surface area contributed by atoms with Crippen molar-refractivity contribution < 1.29 is 32.2 Å². The van der Waals surface area contributed by atoms with E-state index >= 15 is 4.39 Å². The number of unbranched alkanes of at least 4 members (excludes halogenated alkanes) is 1. The van der Waals surface area contributed by atoms with Gasteiger partial charge in [0.15, 0.2) is 0 Å². The molecule has 2 heterocycles. The lowest BCUT2D eigenvalue weighted by molar-refractivity contribution is -0.146. The Morgan fingerprint density at radius 1 is 1.18 bits per heavy atom. The lowest BCUT2D eigenvalue weighted by Gasteiger charge is -2.37. The van der Waals surface area contributed by atoms with Gasteiger partial charge in [0, 0.05) is 18.1 Å². The van der Waals surface area contributed by atoms with E-state index in [2.05, 4.69) is 9.88 Å². The minimum atomic E-state index is -4.37. The molecule has 9 heteroatoms. The molecule has 1 aliphatic rings. The number of rotatable bonds is 11. The Hall–Kier alpha value is -3.20. The van der Waals surface area contributed by atoms with Gasteiger partial charge in [-0.25, -0.2) is 4.39 Å². The van der Waals surface area contributed by atoms with Crippen molar-refractivity contribution in [3.05, 3.63) is 71.4 Å². The number of likely N-dealkylation sites (tertiary alicyclic amines) is 1. The second-order valence-electron chi connectivity index (χ2n) is 10.2. The van der Waals surface area contributed by atoms with Crippen LogP contribution in [0.2, 0.25) is 0 Å². The van der Waals surface area contributed by atoms with Crippen LogP contribution in [0.1, 0.15) is 55.0 Å². The van der Waals surface area contributed by atoms with Crippen molar-refractivity contribution >= 4 is 16.9 Å². The van der Waals surface area contributed by atoms with Gasteiger partial charge in [0.25, 0.3) is 0 Å². The summed E-state index contributed by atoms with van der Waals surface area (Å²) < 4.78 is 60.3. The number of methoxy groups -OCH3 is 1. The number of aryl methyl sites for hydroxylation is 1. The lowest BCUT2D eigenvalue weighted by atomic mass is 9.81. The van der Waals surface area contributed by atoms with Gasteiger partial charge < -0.3 is 14.7 Å². The SMILES string of the molecule is COc1ccc2nccc([C@H](F)CC[C@@H]3CCN(CCCCc4ccccc4C(F)(F)F)C[C@@H]3C(=O)O)c2c1. The van der Waals surface area contributed by atoms with Crippen LogP contribution in [-0.4, -0.2) is 47.7 Å². The van der Waals surface area contributed by atoms with Crippen LogP contribution < -0.4 is 4.74 Å². The molecular weight excluding hydrogens is 512 g/mol. The topological polar surface area (TPSA) is 62.7 Å². The molecule has 3 aromatic rings. The van der Waals surface area contributed by atoms with Crippen molar-refractivity contribution in [2.75, 3.05) is 26.7 Å². The predicted octanol–water partition coefficient (Wildman–Crippen LogP) is 7.10. The summed E-state index contributed by atoms with van der Waals surface area (Å²) in [5.74, 6) is -1.02. The van der Waals surface area contributed by atoms with Gasteiger partial charge in [-0.1, -0.05) is 18.2 Å². The first-order valence-corrected chi connectivity index (χ1v) is 13.3. The van der Waals surface area contributed by atoms with E-state index in [0.717, 1.165) is 6.07 Å². The average Bonchev–Trinajstić information content (AvgIpc) is 2.93. The normalized spacial score (nSPS) is 19.2. The van der Waals surface area contributed by atoms with Gasteiger partial charge >= 0.3 is 12.1 Å². The van der Waals surface area contributed by atoms with Crippen molar-refractivity contribution in [3.63, 3.8) is 0 Å². The van der Waals surface area contributed by atoms with Crippen LogP contribution in [0.3, 0.4) is 0 Å². The number of benzene rings is 2. The number of piperidine rings is 1. The Kier molecular flexibility index (Phi) is 9.43. The second-order valence-corrected chi connectivity index (χ2v) is 10.2. The summed E-state index contributed by atoms with van der Waals surface area (Å²) in [7, 11) is 1.55. The molecule has 2 aromatic carbocycles. The molecule has 5 nitrogen and oxygen atoms in total. The number of ether oxygens (including phenoxy) is 1. The maximum atomic E-state index is 15.4. The molecule has 1 N–H and O–H groups in total. The summed E-state index contributed by atoms with van der Waals surface area (Å²) in [6.45, 7) is 1.69. The van der Waals surface area contributed by atoms with Gasteiger partial charge in [-0.05, 0) is 99.0 Å². The molecule has 39 heavy (non-hydrogen) atoms. The summed E-state index contributed by atoms with van der Waals surface area (Å²) in [4.78, 5) is 18.4. The van der Waals surface area contributed by atoms with E-state index in [0.29, 0.717) is 74.0 Å². The van der Waals surface area contributed by atoms with Crippen molar-refractivity contribution in [3.8, 4) is 5.75 Å². The summed E-state index contributed by atoms with van der Waals surface area (Å²) in [6, 6.07) is 12.6. The highest BCUT2D eigenvalue weighted by molar-refractivity contribution is 5.83. The molecule has 1 aliphatic heterocycles. The number of pyridine rings is 1. The number of alkyl halides is 4. The molecule has 0 radical (unpaired) electrons. The van der Waals surface area contributed by atoms with Gasteiger partial charge in [-0.2, -0.15) is 13.2 Å². The molecule has 0 saturated carbocycles. The van der Waals surface area contributed by atoms with E-state index < -0.39 is 29.8 Å². The summed E-state index contributed by atoms with van der Waals surface area (Å²) in [5, 5.41) is 10.6. The van der Waals surface area contributed by atoms with Crippen LogP contribution in [0.15, 0.2) is 54.7 Å². The zero-order valence-corrected chi connectivity index (χ0v) is 22.0. The third kappa shape index (κ3) is 7.26. The van der Waals surface area contributed by atoms with Crippen molar-refractivity contribution in [2.24, 2.45) is 11.8 Å². The number of carbonyl (C=O) groups is 1. The number of fused-ring (bicyclic) bond motifs is 1. The largest absolute Gasteiger partial charge is 0.497 e. The molecule has 0 bridgehead atoms. The molecule has 1 saturated heterocycles. The fraction of sp³-hybridized carbons (Fsp3) is 0.467. The third-order valence-corrected chi connectivity index (χ3v) is 7.76. The predicted molar refractivity (Wildman–Crippen MR) is 141 cm³/mol. The van der Waals surface area contributed by atoms with Crippen LogP contribution in [-0.2, 0) is 17.4 Å². The Morgan fingerprint density at radius 3 is 2.72 bits per heavy atom. The molecule has 1 fully saturated rings. The molecule has 0 aliphatic carbocycles. The fourth-order valence-electron chi connectivity index (χ4n) is 5.62. The Morgan fingerprint density at radius 2 is 1.97 bits per heavy atom. The van der Waals surface area contributed by atoms with Crippen LogP contribution in [0.5, 0.6) is 5.75 Å². The molecule has 210 valence electrons. The van der Waals surface area contributed by atoms with Gasteiger partial charge in [0.2, 0.25) is 0 Å². The highest BCUT2D eigenvalue weighted by Crippen LogP contribution is 2.36. The summed E-state index contributed by atoms with van der Waals surface area (Å²) >= 11 is 0. The fourth-order valence-corrected chi connectivity index (χ4v) is 5.62. The van der Waals surface area contributed by atoms with Gasteiger partial charge in [0.05, 0.1) is 24.1 Å². The number of aliphatic carboxylic acids is 1. The summed E-state index contributed by atoms with van der Waals surface area (Å²) in [6.07, 6.45) is -1.16. The minimum Gasteiger partial charge on any atom is -0.497 e. The number of carboxylic acids is 1. The van der Waals surface area contributed by atoms with Crippen LogP contribution in [0, 0.1) is 11.8 Å². The molecule has 4 rings (SSSR count). The zero-order valence-electron chi connectivity index (χ0n) is 22.0. The minimum absolute atomic E-state index is 0.140. The average molecular weight is 547 g/mol. The number of hydrogen-bond donors (Lipinski definition) is 1.